The lowest BCUT2D eigenvalue weighted by Crippen LogP contribution is -2.41. The number of benzene rings is 2. The Balaban J connectivity index is 1.54. The lowest BCUT2D eigenvalue weighted by molar-refractivity contribution is -0.119. The molecule has 5 rings (SSSR count). The fourth-order valence-electron chi connectivity index (χ4n) is 5.13. The SMILES string of the molecule is CC(C)N1C(=O)CCc2c(CC(C)n3cnc4ccccc4c3=O)ccc(CC3CC3)c21. The number of carbonyl (C=O) groups excluding carboxylic acids is 1. The molecule has 0 N–H and O–H groups in total. The van der Waals surface area contributed by atoms with Crippen LogP contribution in [0, 0.1) is 5.92 Å². The summed E-state index contributed by atoms with van der Waals surface area (Å²) in [5.74, 6) is 0.988. The number of nitrogens with zero attached hydrogens (tertiary/aromatic N) is 3. The summed E-state index contributed by atoms with van der Waals surface area (Å²) in [6, 6.07) is 12.1. The molecule has 1 aliphatic carbocycles. The standard InChI is InChI=1S/C27H31N3O2/c1-17(2)30-25(31)13-12-22-20(10-11-21(26(22)30)15-19-8-9-19)14-18(3)29-16-28-24-7-5-4-6-23(24)27(29)32/h4-7,10-11,16-19H,8-9,12-15H2,1-3H3. The van der Waals surface area contributed by atoms with Crippen molar-refractivity contribution in [2.24, 2.45) is 5.92 Å². The molecule has 2 aromatic carbocycles. The van der Waals surface area contributed by atoms with Crippen molar-refractivity contribution < 1.29 is 4.79 Å². The minimum Gasteiger partial charge on any atom is -0.309 e. The first kappa shape index (κ1) is 20.9. The van der Waals surface area contributed by atoms with E-state index in [0.29, 0.717) is 11.8 Å². The van der Waals surface area contributed by atoms with Gasteiger partial charge in [0.15, 0.2) is 0 Å². The second-order valence-corrected chi connectivity index (χ2v) is 9.74. The molecule has 1 amide bonds. The Morgan fingerprint density at radius 2 is 1.75 bits per heavy atom. The van der Waals surface area contributed by atoms with Crippen LogP contribution in [0.25, 0.3) is 10.9 Å². The molecule has 1 atom stereocenters. The first-order valence-corrected chi connectivity index (χ1v) is 11.9. The zero-order valence-electron chi connectivity index (χ0n) is 19.2. The van der Waals surface area contributed by atoms with E-state index in [1.807, 2.05) is 29.2 Å². The molecule has 1 aromatic heterocycles. The van der Waals surface area contributed by atoms with Crippen molar-refractivity contribution in [2.45, 2.75) is 71.4 Å². The van der Waals surface area contributed by atoms with E-state index in [1.54, 1.807) is 10.9 Å². The van der Waals surface area contributed by atoms with Crippen LogP contribution < -0.4 is 10.5 Å². The third-order valence-electron chi connectivity index (χ3n) is 6.96. The Kier molecular flexibility index (Phi) is 5.36. The Bertz CT molecular complexity index is 1240. The summed E-state index contributed by atoms with van der Waals surface area (Å²) in [6.07, 6.45) is 7.39. The summed E-state index contributed by atoms with van der Waals surface area (Å²) < 4.78 is 1.75. The van der Waals surface area contributed by atoms with E-state index in [9.17, 15) is 9.59 Å². The molecule has 2 aliphatic rings. The Labute approximate surface area is 189 Å². The zero-order chi connectivity index (χ0) is 22.4. The summed E-state index contributed by atoms with van der Waals surface area (Å²) in [7, 11) is 0. The minimum atomic E-state index is -0.0249. The van der Waals surface area contributed by atoms with Gasteiger partial charge in [-0.05, 0) is 87.6 Å². The molecule has 3 aromatic rings. The topological polar surface area (TPSA) is 55.2 Å². The van der Waals surface area contributed by atoms with Crippen LogP contribution in [-0.2, 0) is 24.1 Å². The number of hydrogen-bond donors (Lipinski definition) is 0. The van der Waals surface area contributed by atoms with Gasteiger partial charge in [0.1, 0.15) is 0 Å². The number of amides is 1. The molecule has 1 aliphatic heterocycles. The second kappa shape index (κ2) is 8.19. The summed E-state index contributed by atoms with van der Waals surface area (Å²) in [5, 5.41) is 0.653. The second-order valence-electron chi connectivity index (χ2n) is 9.74. The van der Waals surface area contributed by atoms with Gasteiger partial charge in [-0.2, -0.15) is 0 Å². The molecule has 32 heavy (non-hydrogen) atoms. The Morgan fingerprint density at radius 3 is 2.50 bits per heavy atom. The average molecular weight is 430 g/mol. The van der Waals surface area contributed by atoms with Gasteiger partial charge in [0, 0.05) is 18.5 Å². The van der Waals surface area contributed by atoms with Crippen LogP contribution in [0.1, 0.15) is 62.8 Å². The molecule has 2 heterocycles. The number of anilines is 1. The van der Waals surface area contributed by atoms with Gasteiger partial charge in [-0.3, -0.25) is 14.2 Å². The molecule has 5 heteroatoms. The number of hydrogen-bond acceptors (Lipinski definition) is 3. The monoisotopic (exact) mass is 429 g/mol. The average Bonchev–Trinajstić information content (AvgIpc) is 3.59. The van der Waals surface area contributed by atoms with Crippen LogP contribution in [0.4, 0.5) is 5.69 Å². The zero-order valence-corrected chi connectivity index (χ0v) is 19.2. The predicted octanol–water partition coefficient (Wildman–Crippen LogP) is 4.84. The first-order chi connectivity index (χ1) is 15.4. The van der Waals surface area contributed by atoms with Crippen LogP contribution in [0.5, 0.6) is 0 Å². The highest BCUT2D eigenvalue weighted by atomic mass is 16.2. The van der Waals surface area contributed by atoms with Crippen LogP contribution in [0.2, 0.25) is 0 Å². The molecule has 5 nitrogen and oxygen atoms in total. The van der Waals surface area contributed by atoms with E-state index < -0.39 is 0 Å². The van der Waals surface area contributed by atoms with Crippen molar-refractivity contribution in [3.8, 4) is 0 Å². The third-order valence-corrected chi connectivity index (χ3v) is 6.96. The lowest BCUT2D eigenvalue weighted by Gasteiger charge is -2.36. The number of para-hydroxylation sites is 1. The molecule has 0 spiro atoms. The predicted molar refractivity (Wildman–Crippen MR) is 128 cm³/mol. The normalized spacial score (nSPS) is 17.1. The molecule has 0 radical (unpaired) electrons. The molecular formula is C27H31N3O2. The van der Waals surface area contributed by atoms with Crippen LogP contribution >= 0.6 is 0 Å². The fraction of sp³-hybridized carbons (Fsp3) is 0.444. The molecule has 0 bridgehead atoms. The first-order valence-electron chi connectivity index (χ1n) is 11.9. The van der Waals surface area contributed by atoms with Crippen LogP contribution in [0.15, 0.2) is 47.5 Å². The lowest BCUT2D eigenvalue weighted by atomic mass is 9.87. The van der Waals surface area contributed by atoms with Gasteiger partial charge in [0.05, 0.1) is 22.9 Å². The highest BCUT2D eigenvalue weighted by Crippen LogP contribution is 2.41. The third kappa shape index (κ3) is 3.74. The van der Waals surface area contributed by atoms with Crippen molar-refractivity contribution in [3.05, 3.63) is 69.8 Å². The van der Waals surface area contributed by atoms with Gasteiger partial charge in [-0.15, -0.1) is 0 Å². The summed E-state index contributed by atoms with van der Waals surface area (Å²) in [6.45, 7) is 6.28. The number of rotatable bonds is 6. The van der Waals surface area contributed by atoms with Gasteiger partial charge in [0.25, 0.3) is 5.56 Å². The maximum atomic E-state index is 13.1. The fourth-order valence-corrected chi connectivity index (χ4v) is 5.13. The van der Waals surface area contributed by atoms with Gasteiger partial charge in [-0.25, -0.2) is 4.98 Å². The number of carbonyl (C=O) groups is 1. The van der Waals surface area contributed by atoms with Crippen molar-refractivity contribution >= 4 is 22.5 Å². The maximum Gasteiger partial charge on any atom is 0.261 e. The Hall–Kier alpha value is -2.95. The molecular weight excluding hydrogens is 398 g/mol. The quantitative estimate of drug-likeness (QED) is 0.563. The van der Waals surface area contributed by atoms with Crippen molar-refractivity contribution in [2.75, 3.05) is 4.90 Å². The summed E-state index contributed by atoms with van der Waals surface area (Å²) >= 11 is 0. The highest BCUT2D eigenvalue weighted by Gasteiger charge is 2.32. The Morgan fingerprint density at radius 1 is 1.00 bits per heavy atom. The van der Waals surface area contributed by atoms with E-state index in [2.05, 4.69) is 37.9 Å². The van der Waals surface area contributed by atoms with E-state index in [1.165, 1.54) is 29.5 Å². The molecule has 166 valence electrons. The van der Waals surface area contributed by atoms with Gasteiger partial charge < -0.3 is 4.90 Å². The van der Waals surface area contributed by atoms with Crippen LogP contribution in [0.3, 0.4) is 0 Å². The van der Waals surface area contributed by atoms with Crippen molar-refractivity contribution in [3.63, 3.8) is 0 Å². The maximum absolute atomic E-state index is 13.1. The molecule has 1 saturated carbocycles. The largest absolute Gasteiger partial charge is 0.309 e. The van der Waals surface area contributed by atoms with Gasteiger partial charge in [0.2, 0.25) is 5.91 Å². The van der Waals surface area contributed by atoms with Crippen molar-refractivity contribution in [1.29, 1.82) is 0 Å². The molecule has 1 unspecified atom stereocenters. The number of aromatic nitrogens is 2. The molecule has 1 fully saturated rings. The van der Waals surface area contributed by atoms with Crippen molar-refractivity contribution in [1.82, 2.24) is 9.55 Å². The summed E-state index contributed by atoms with van der Waals surface area (Å²) in [5.41, 5.74) is 5.73. The van der Waals surface area contributed by atoms with E-state index >= 15 is 0 Å². The van der Waals surface area contributed by atoms with E-state index in [4.69, 9.17) is 0 Å². The van der Waals surface area contributed by atoms with E-state index in [0.717, 1.165) is 36.4 Å². The van der Waals surface area contributed by atoms with Crippen LogP contribution in [-0.4, -0.2) is 21.5 Å². The molecule has 0 saturated heterocycles. The van der Waals surface area contributed by atoms with Gasteiger partial charge >= 0.3 is 0 Å². The van der Waals surface area contributed by atoms with Gasteiger partial charge in [-0.1, -0.05) is 24.3 Å². The smallest absolute Gasteiger partial charge is 0.261 e. The minimum absolute atomic E-state index is 0.00121. The van der Waals surface area contributed by atoms with E-state index in [-0.39, 0.29) is 23.6 Å². The number of fused-ring (bicyclic) bond motifs is 2. The summed E-state index contributed by atoms with van der Waals surface area (Å²) in [4.78, 5) is 32.5. The highest BCUT2D eigenvalue weighted by molar-refractivity contribution is 5.98.